The van der Waals surface area contributed by atoms with E-state index in [1.165, 1.54) is 0 Å². The zero-order chi connectivity index (χ0) is 10.6. The number of Topliss-reactive ketones (excluding diaryl/α,β-unsaturated/α-hetero) is 1. The van der Waals surface area contributed by atoms with Crippen LogP contribution in [-0.4, -0.2) is 38.0 Å². The van der Waals surface area contributed by atoms with Gasteiger partial charge in [-0.25, -0.2) is 0 Å². The third-order valence-electron chi connectivity index (χ3n) is 2.46. The summed E-state index contributed by atoms with van der Waals surface area (Å²) in [5.74, 6) is 6.94. The maximum absolute atomic E-state index is 11.3. The Bertz CT molecular complexity index is 264. The summed E-state index contributed by atoms with van der Waals surface area (Å²) in [6.07, 6.45) is 3.68. The zero-order valence-electron chi connectivity index (χ0n) is 9.47. The molecule has 1 fully saturated rings. The van der Waals surface area contributed by atoms with Crippen molar-refractivity contribution in [1.82, 2.24) is 0 Å². The molecule has 0 amide bonds. The quantitative estimate of drug-likeness (QED) is 0.480. The van der Waals surface area contributed by atoms with Gasteiger partial charge in [-0.3, -0.25) is 4.79 Å². The van der Waals surface area contributed by atoms with Crippen LogP contribution in [-0.2, 0) is 4.79 Å². The number of carbonyl (C=O) groups excluding carboxylic acids is 1. The van der Waals surface area contributed by atoms with Gasteiger partial charge in [0, 0.05) is 18.8 Å². The van der Waals surface area contributed by atoms with Gasteiger partial charge in [0.25, 0.3) is 0 Å². The van der Waals surface area contributed by atoms with Crippen molar-refractivity contribution in [2.24, 2.45) is 5.92 Å². The number of carbonyl (C=O) groups is 1. The highest BCUT2D eigenvalue weighted by Gasteiger charge is 2.22. The summed E-state index contributed by atoms with van der Waals surface area (Å²) in [6.45, 7) is 0.862. The standard InChI is InChI=1S/C12H20NO/c1-13(2,3)10-5-4-7-11-8-6-9-12(11)14/h11H,6-10H2,1-3H3/q+1. The van der Waals surface area contributed by atoms with Gasteiger partial charge in [0.05, 0.1) is 21.1 Å². The van der Waals surface area contributed by atoms with Crippen molar-refractivity contribution < 1.29 is 9.28 Å². The van der Waals surface area contributed by atoms with Gasteiger partial charge in [0.2, 0.25) is 0 Å². The molecule has 1 unspecified atom stereocenters. The van der Waals surface area contributed by atoms with Crippen LogP contribution in [0.4, 0.5) is 0 Å². The summed E-state index contributed by atoms with van der Waals surface area (Å²) in [6, 6.07) is 0. The van der Waals surface area contributed by atoms with Gasteiger partial charge < -0.3 is 4.48 Å². The van der Waals surface area contributed by atoms with Gasteiger partial charge in [-0.05, 0) is 18.8 Å². The summed E-state index contributed by atoms with van der Waals surface area (Å²) < 4.78 is 0.867. The first-order valence-electron chi connectivity index (χ1n) is 5.28. The highest BCUT2D eigenvalue weighted by molar-refractivity contribution is 5.83. The van der Waals surface area contributed by atoms with Crippen molar-refractivity contribution in [1.29, 1.82) is 0 Å². The predicted molar refractivity (Wildman–Crippen MR) is 57.6 cm³/mol. The lowest BCUT2D eigenvalue weighted by atomic mass is 10.0. The second-order valence-corrected chi connectivity index (χ2v) is 5.06. The summed E-state index contributed by atoms with van der Waals surface area (Å²) in [4.78, 5) is 11.3. The minimum absolute atomic E-state index is 0.245. The lowest BCUT2D eigenvalue weighted by Gasteiger charge is -2.20. The highest BCUT2D eigenvalue weighted by atomic mass is 16.1. The van der Waals surface area contributed by atoms with Crippen molar-refractivity contribution >= 4 is 5.78 Å². The van der Waals surface area contributed by atoms with E-state index >= 15 is 0 Å². The maximum atomic E-state index is 11.3. The van der Waals surface area contributed by atoms with Crippen LogP contribution in [0.5, 0.6) is 0 Å². The number of hydrogen-bond donors (Lipinski definition) is 0. The van der Waals surface area contributed by atoms with Gasteiger partial charge in [-0.2, -0.15) is 0 Å². The minimum Gasteiger partial charge on any atom is -0.321 e. The molecular formula is C12H20NO+. The first-order chi connectivity index (χ1) is 6.49. The van der Waals surface area contributed by atoms with Crippen LogP contribution in [0.25, 0.3) is 0 Å². The lowest BCUT2D eigenvalue weighted by Crippen LogP contribution is -2.34. The van der Waals surface area contributed by atoms with E-state index in [9.17, 15) is 4.79 Å². The molecule has 0 heterocycles. The van der Waals surface area contributed by atoms with Crippen LogP contribution in [0.3, 0.4) is 0 Å². The smallest absolute Gasteiger partial charge is 0.140 e. The maximum Gasteiger partial charge on any atom is 0.140 e. The van der Waals surface area contributed by atoms with Crippen LogP contribution in [0.1, 0.15) is 25.7 Å². The Balaban J connectivity index is 2.29. The molecule has 0 saturated heterocycles. The van der Waals surface area contributed by atoms with E-state index in [0.29, 0.717) is 5.78 Å². The van der Waals surface area contributed by atoms with Gasteiger partial charge in [0.1, 0.15) is 12.3 Å². The van der Waals surface area contributed by atoms with Crippen LogP contribution in [0.15, 0.2) is 0 Å². The molecule has 0 aliphatic heterocycles. The molecule has 0 N–H and O–H groups in total. The van der Waals surface area contributed by atoms with E-state index in [1.54, 1.807) is 0 Å². The average Bonchev–Trinajstić information content (AvgIpc) is 2.44. The Morgan fingerprint density at radius 3 is 2.57 bits per heavy atom. The van der Waals surface area contributed by atoms with E-state index in [0.717, 1.165) is 36.7 Å². The van der Waals surface area contributed by atoms with Crippen molar-refractivity contribution in [2.45, 2.75) is 25.7 Å². The summed E-state index contributed by atoms with van der Waals surface area (Å²) in [5.41, 5.74) is 0. The Hall–Kier alpha value is -0.810. The number of hydrogen-bond acceptors (Lipinski definition) is 1. The molecule has 1 rings (SSSR count). The molecular weight excluding hydrogens is 174 g/mol. The van der Waals surface area contributed by atoms with Crippen molar-refractivity contribution in [2.75, 3.05) is 27.7 Å². The van der Waals surface area contributed by atoms with Crippen LogP contribution >= 0.6 is 0 Å². The van der Waals surface area contributed by atoms with E-state index in [2.05, 4.69) is 33.0 Å². The Morgan fingerprint density at radius 2 is 2.07 bits per heavy atom. The summed E-state index contributed by atoms with van der Waals surface area (Å²) in [5, 5.41) is 0. The molecule has 0 aromatic rings. The van der Waals surface area contributed by atoms with Crippen LogP contribution in [0.2, 0.25) is 0 Å². The molecule has 2 nitrogen and oxygen atoms in total. The Kier molecular flexibility index (Phi) is 3.71. The largest absolute Gasteiger partial charge is 0.321 e. The normalized spacial score (nSPS) is 21.9. The molecule has 0 bridgehead atoms. The van der Waals surface area contributed by atoms with Crippen LogP contribution < -0.4 is 0 Å². The molecule has 1 aliphatic carbocycles. The summed E-state index contributed by atoms with van der Waals surface area (Å²) >= 11 is 0. The average molecular weight is 194 g/mol. The zero-order valence-corrected chi connectivity index (χ0v) is 9.47. The molecule has 0 spiro atoms. The molecule has 78 valence electrons. The highest BCUT2D eigenvalue weighted by Crippen LogP contribution is 2.23. The van der Waals surface area contributed by atoms with Gasteiger partial charge in [-0.15, -0.1) is 0 Å². The van der Waals surface area contributed by atoms with E-state index in [4.69, 9.17) is 0 Å². The lowest BCUT2D eigenvalue weighted by molar-refractivity contribution is -0.862. The molecule has 2 heteroatoms. The molecule has 1 atom stereocenters. The van der Waals surface area contributed by atoms with Crippen molar-refractivity contribution in [3.63, 3.8) is 0 Å². The minimum atomic E-state index is 0.245. The Labute approximate surface area is 86.9 Å². The summed E-state index contributed by atoms with van der Waals surface area (Å²) in [7, 11) is 6.36. The third-order valence-corrected chi connectivity index (χ3v) is 2.46. The molecule has 1 saturated carbocycles. The number of rotatable bonds is 2. The molecule has 1 aliphatic rings. The fourth-order valence-electron chi connectivity index (χ4n) is 1.59. The van der Waals surface area contributed by atoms with Crippen molar-refractivity contribution in [3.8, 4) is 11.8 Å². The molecule has 0 radical (unpaired) electrons. The Morgan fingerprint density at radius 1 is 1.36 bits per heavy atom. The van der Waals surface area contributed by atoms with Crippen LogP contribution in [0, 0.1) is 17.8 Å². The fourth-order valence-corrected chi connectivity index (χ4v) is 1.59. The number of quaternary nitrogens is 1. The second kappa shape index (κ2) is 4.61. The monoisotopic (exact) mass is 194 g/mol. The van der Waals surface area contributed by atoms with Gasteiger partial charge in [0.15, 0.2) is 0 Å². The van der Waals surface area contributed by atoms with Gasteiger partial charge >= 0.3 is 0 Å². The van der Waals surface area contributed by atoms with E-state index in [-0.39, 0.29) is 5.92 Å². The van der Waals surface area contributed by atoms with Crippen molar-refractivity contribution in [3.05, 3.63) is 0 Å². The second-order valence-electron chi connectivity index (χ2n) is 5.06. The predicted octanol–water partition coefficient (Wildman–Crippen LogP) is 1.46. The van der Waals surface area contributed by atoms with E-state index < -0.39 is 0 Å². The fraction of sp³-hybridized carbons (Fsp3) is 0.750. The number of nitrogens with zero attached hydrogens (tertiary/aromatic N) is 1. The topological polar surface area (TPSA) is 17.1 Å². The first kappa shape index (κ1) is 11.3. The molecule has 0 aromatic carbocycles. The molecule has 0 aromatic heterocycles. The van der Waals surface area contributed by atoms with E-state index in [1.807, 2.05) is 0 Å². The SMILES string of the molecule is C[N+](C)(C)CC#CCC1CCCC1=O. The molecule has 14 heavy (non-hydrogen) atoms. The van der Waals surface area contributed by atoms with Gasteiger partial charge in [-0.1, -0.05) is 5.92 Å². The third kappa shape index (κ3) is 3.93. The number of ketones is 1. The first-order valence-corrected chi connectivity index (χ1v) is 5.28.